The fraction of sp³-hybridized carbons (Fsp3) is 0.438. The van der Waals surface area contributed by atoms with E-state index in [1.54, 1.807) is 11.0 Å². The molecule has 2 aromatic carbocycles. The smallest absolute Gasteiger partial charge is 0.318 e. The van der Waals surface area contributed by atoms with Gasteiger partial charge in [-0.25, -0.2) is 4.39 Å². The number of piperazine rings is 1. The highest BCUT2D eigenvalue weighted by atomic mass is 79.9. The van der Waals surface area contributed by atoms with Crippen molar-refractivity contribution in [1.82, 2.24) is 19.8 Å². The Hall–Kier alpha value is -3.46. The summed E-state index contributed by atoms with van der Waals surface area (Å²) in [4.78, 5) is 31.0. The van der Waals surface area contributed by atoms with Crippen molar-refractivity contribution < 1.29 is 13.9 Å². The fourth-order valence-electron chi connectivity index (χ4n) is 6.59. The SMILES string of the molecule is C=C(Br)C(=O)N1CCN(c2nc(OC[C@@H]3CCCN3C)nc3c2CCN(c2cccc4ccc(F)c(Cl)c24)C3)C[C@@H]1CC#N. The molecule has 3 aromatic rings. The number of amides is 1. The van der Waals surface area contributed by atoms with Gasteiger partial charge in [-0.15, -0.1) is 0 Å². The first-order valence-corrected chi connectivity index (χ1v) is 16.0. The molecule has 6 rings (SSSR count). The van der Waals surface area contributed by atoms with E-state index in [4.69, 9.17) is 26.3 Å². The van der Waals surface area contributed by atoms with Crippen LogP contribution in [-0.2, 0) is 17.8 Å². The van der Waals surface area contributed by atoms with Crippen LogP contribution in [0.25, 0.3) is 10.8 Å². The number of ether oxygens (including phenoxy) is 1. The largest absolute Gasteiger partial charge is 0.462 e. The van der Waals surface area contributed by atoms with Crippen LogP contribution in [0.4, 0.5) is 15.9 Å². The van der Waals surface area contributed by atoms with Gasteiger partial charge in [-0.1, -0.05) is 36.4 Å². The van der Waals surface area contributed by atoms with Crippen molar-refractivity contribution >= 4 is 55.7 Å². The molecule has 0 saturated carbocycles. The topological polar surface area (TPSA) is 88.8 Å². The van der Waals surface area contributed by atoms with Gasteiger partial charge >= 0.3 is 6.01 Å². The maximum absolute atomic E-state index is 14.5. The van der Waals surface area contributed by atoms with Gasteiger partial charge in [-0.05, 0) is 66.3 Å². The lowest BCUT2D eigenvalue weighted by Gasteiger charge is -2.42. The van der Waals surface area contributed by atoms with Gasteiger partial charge < -0.3 is 24.3 Å². The van der Waals surface area contributed by atoms with Gasteiger partial charge in [0.2, 0.25) is 0 Å². The molecule has 0 aliphatic carbocycles. The standard InChI is InChI=1S/C32H34BrClFN7O2/c1-20(33)31(43)42-16-15-41(17-22(42)10-12-36)30-24-11-14-40(27-7-3-5-21-8-9-25(35)29(34)28(21)27)18-26(24)37-32(38-30)44-19-23-6-4-13-39(23)2/h3,5,7-9,22-23H,1,4,6,10-11,13-19H2,2H3/t22-,23-/m0/s1. The molecule has 0 unspecified atom stereocenters. The molecule has 9 nitrogen and oxygen atoms in total. The van der Waals surface area contributed by atoms with Crippen molar-refractivity contribution in [3.63, 3.8) is 0 Å². The molecule has 0 N–H and O–H groups in total. The Morgan fingerprint density at radius 1 is 1.18 bits per heavy atom. The van der Waals surface area contributed by atoms with Gasteiger partial charge in [0.15, 0.2) is 0 Å². The number of anilines is 2. The van der Waals surface area contributed by atoms with Crippen LogP contribution in [0.3, 0.4) is 0 Å². The molecule has 4 heterocycles. The molecule has 12 heteroatoms. The van der Waals surface area contributed by atoms with Crippen LogP contribution in [0.1, 0.15) is 30.5 Å². The molecular weight excluding hydrogens is 649 g/mol. The molecule has 0 bridgehead atoms. The first kappa shape index (κ1) is 30.6. The van der Waals surface area contributed by atoms with Gasteiger partial charge in [0.1, 0.15) is 18.2 Å². The minimum absolute atomic E-state index is 0.110. The molecule has 44 heavy (non-hydrogen) atoms. The van der Waals surface area contributed by atoms with E-state index in [2.05, 4.69) is 50.3 Å². The summed E-state index contributed by atoms with van der Waals surface area (Å²) < 4.78 is 21.1. The van der Waals surface area contributed by atoms with E-state index in [-0.39, 0.29) is 27.9 Å². The zero-order chi connectivity index (χ0) is 31.0. The van der Waals surface area contributed by atoms with Crippen LogP contribution in [0.15, 0.2) is 41.4 Å². The lowest BCUT2D eigenvalue weighted by molar-refractivity contribution is -0.128. The molecule has 3 aliphatic heterocycles. The zero-order valence-corrected chi connectivity index (χ0v) is 26.9. The molecule has 3 aliphatic rings. The Labute approximate surface area is 270 Å². The lowest BCUT2D eigenvalue weighted by Crippen LogP contribution is -2.55. The number of nitrogens with zero attached hydrogens (tertiary/aromatic N) is 7. The monoisotopic (exact) mass is 681 g/mol. The van der Waals surface area contributed by atoms with Gasteiger partial charge in [-0.3, -0.25) is 4.79 Å². The summed E-state index contributed by atoms with van der Waals surface area (Å²) in [5.74, 6) is 0.119. The van der Waals surface area contributed by atoms with E-state index in [0.29, 0.717) is 63.2 Å². The fourth-order valence-corrected chi connectivity index (χ4v) is 7.08. The number of carbonyl (C=O) groups excluding carboxylic acids is 1. The zero-order valence-electron chi connectivity index (χ0n) is 24.6. The van der Waals surface area contributed by atoms with E-state index in [9.17, 15) is 14.4 Å². The average Bonchev–Trinajstić information content (AvgIpc) is 3.44. The number of halogens is 3. The van der Waals surface area contributed by atoms with E-state index < -0.39 is 5.82 Å². The van der Waals surface area contributed by atoms with Gasteiger partial charge in [0.05, 0.1) is 40.3 Å². The van der Waals surface area contributed by atoms with Crippen LogP contribution >= 0.6 is 27.5 Å². The first-order chi connectivity index (χ1) is 21.2. The number of aromatic nitrogens is 2. The van der Waals surface area contributed by atoms with E-state index in [0.717, 1.165) is 47.5 Å². The number of likely N-dealkylation sites (tertiary alicyclic amines) is 1. The Morgan fingerprint density at radius 2 is 2.02 bits per heavy atom. The summed E-state index contributed by atoms with van der Waals surface area (Å²) in [7, 11) is 2.11. The predicted molar refractivity (Wildman–Crippen MR) is 173 cm³/mol. The summed E-state index contributed by atoms with van der Waals surface area (Å²) in [6.45, 7) is 7.84. The number of hydrogen-bond donors (Lipinski definition) is 0. The first-order valence-electron chi connectivity index (χ1n) is 14.9. The molecule has 1 aromatic heterocycles. The number of likely N-dealkylation sites (N-methyl/N-ethyl adjacent to an activating group) is 1. The quantitative estimate of drug-likeness (QED) is 0.311. The van der Waals surface area contributed by atoms with E-state index >= 15 is 0 Å². The van der Waals surface area contributed by atoms with Gasteiger partial charge in [-0.2, -0.15) is 15.2 Å². The minimum Gasteiger partial charge on any atom is -0.462 e. The molecule has 0 radical (unpaired) electrons. The number of hydrogen-bond acceptors (Lipinski definition) is 8. The molecule has 2 atom stereocenters. The normalized spacial score (nSPS) is 20.5. The van der Waals surface area contributed by atoms with Crippen LogP contribution in [0.5, 0.6) is 6.01 Å². The number of rotatable bonds is 7. The van der Waals surface area contributed by atoms with Crippen molar-refractivity contribution in [2.45, 2.75) is 44.3 Å². The average molecular weight is 683 g/mol. The van der Waals surface area contributed by atoms with Crippen molar-refractivity contribution in [1.29, 1.82) is 5.26 Å². The summed E-state index contributed by atoms with van der Waals surface area (Å²) in [5, 5.41) is 11.2. The molecular formula is C32H34BrClFN7O2. The molecule has 1 amide bonds. The minimum atomic E-state index is -0.450. The van der Waals surface area contributed by atoms with Crippen LogP contribution in [0, 0.1) is 17.1 Å². The Balaban J connectivity index is 1.35. The van der Waals surface area contributed by atoms with E-state index in [1.165, 1.54) is 6.07 Å². The van der Waals surface area contributed by atoms with E-state index in [1.807, 2.05) is 18.2 Å². The second kappa shape index (κ2) is 12.9. The number of benzene rings is 2. The third kappa shape index (κ3) is 5.95. The third-order valence-electron chi connectivity index (χ3n) is 8.95. The van der Waals surface area contributed by atoms with Crippen LogP contribution in [-0.4, -0.2) is 84.1 Å². The summed E-state index contributed by atoms with van der Waals surface area (Å²) in [6, 6.07) is 11.5. The second-order valence-corrected chi connectivity index (χ2v) is 13.0. The van der Waals surface area contributed by atoms with Crippen molar-refractivity contribution in [2.75, 3.05) is 56.2 Å². The molecule has 2 fully saturated rings. The van der Waals surface area contributed by atoms with Gasteiger partial charge in [0.25, 0.3) is 5.91 Å². The Bertz CT molecular complexity index is 1650. The second-order valence-electron chi connectivity index (χ2n) is 11.6. The third-order valence-corrected chi connectivity index (χ3v) is 9.66. The Morgan fingerprint density at radius 3 is 2.77 bits per heavy atom. The highest BCUT2D eigenvalue weighted by molar-refractivity contribution is 9.12. The summed E-state index contributed by atoms with van der Waals surface area (Å²) in [6.07, 6.45) is 3.04. The number of nitriles is 1. The van der Waals surface area contributed by atoms with Gasteiger partial charge in [0, 0.05) is 48.9 Å². The molecule has 2 saturated heterocycles. The lowest BCUT2D eigenvalue weighted by atomic mass is 10.0. The van der Waals surface area contributed by atoms with Crippen LogP contribution in [0.2, 0.25) is 5.02 Å². The maximum Gasteiger partial charge on any atom is 0.318 e. The van der Waals surface area contributed by atoms with Crippen molar-refractivity contribution in [2.24, 2.45) is 0 Å². The molecule has 0 spiro atoms. The predicted octanol–water partition coefficient (Wildman–Crippen LogP) is 5.30. The molecule has 230 valence electrons. The summed E-state index contributed by atoms with van der Waals surface area (Å²) >= 11 is 9.71. The van der Waals surface area contributed by atoms with Crippen LogP contribution < -0.4 is 14.5 Å². The number of fused-ring (bicyclic) bond motifs is 2. The summed E-state index contributed by atoms with van der Waals surface area (Å²) in [5.41, 5.74) is 2.71. The van der Waals surface area contributed by atoms with Crippen molar-refractivity contribution in [3.8, 4) is 12.1 Å². The van der Waals surface area contributed by atoms with Crippen molar-refractivity contribution in [3.05, 3.63) is 63.5 Å². The highest BCUT2D eigenvalue weighted by Crippen LogP contribution is 2.38. The number of carbonyl (C=O) groups is 1. The maximum atomic E-state index is 14.5. The highest BCUT2D eigenvalue weighted by Gasteiger charge is 2.35. The Kier molecular flexibility index (Phi) is 8.94.